The van der Waals surface area contributed by atoms with Crippen molar-refractivity contribution in [2.45, 2.75) is 70.5 Å². The van der Waals surface area contributed by atoms with Gasteiger partial charge < -0.3 is 10.5 Å². The Morgan fingerprint density at radius 2 is 1.96 bits per heavy atom. The number of ether oxygens (including phenoxy) is 1. The molecule has 0 amide bonds. The van der Waals surface area contributed by atoms with E-state index in [-0.39, 0.29) is 0 Å². The highest BCUT2D eigenvalue weighted by Gasteiger charge is 2.39. The van der Waals surface area contributed by atoms with Crippen LogP contribution in [-0.2, 0) is 4.74 Å². The van der Waals surface area contributed by atoms with Crippen LogP contribution in [0.4, 0.5) is 4.39 Å². The third kappa shape index (κ3) is 4.65. The quantitative estimate of drug-likeness (QED) is 0.744. The zero-order valence-corrected chi connectivity index (χ0v) is 16.8. The first-order valence-electron chi connectivity index (χ1n) is 11.0. The molecule has 3 aliphatic carbocycles. The fourth-order valence-electron chi connectivity index (χ4n) is 5.02. The van der Waals surface area contributed by atoms with Crippen LogP contribution in [0.5, 0.6) is 0 Å². The number of rotatable bonds is 6. The minimum atomic E-state index is -0.663. The highest BCUT2D eigenvalue weighted by Crippen LogP contribution is 2.50. The zero-order chi connectivity index (χ0) is 18.8. The molecule has 2 N–H and O–H groups in total. The number of allylic oxidation sites excluding steroid dienone is 4. The van der Waals surface area contributed by atoms with Crippen molar-refractivity contribution >= 4 is 0 Å². The van der Waals surface area contributed by atoms with Crippen molar-refractivity contribution in [1.29, 1.82) is 0 Å². The number of piperidine rings is 1. The van der Waals surface area contributed by atoms with Gasteiger partial charge in [-0.15, -0.1) is 0 Å². The van der Waals surface area contributed by atoms with Crippen molar-refractivity contribution in [2.24, 2.45) is 17.6 Å². The molecule has 0 bridgehead atoms. The molecule has 0 radical (unpaired) electrons. The van der Waals surface area contributed by atoms with Gasteiger partial charge in [-0.1, -0.05) is 11.6 Å². The number of nitrogens with zero attached hydrogens (tertiary/aromatic N) is 1. The van der Waals surface area contributed by atoms with Crippen molar-refractivity contribution in [2.75, 3.05) is 26.2 Å². The molecule has 3 nitrogen and oxygen atoms in total. The van der Waals surface area contributed by atoms with E-state index in [1.165, 1.54) is 29.6 Å². The number of nitrogens with two attached hydrogens (primary N) is 1. The summed E-state index contributed by atoms with van der Waals surface area (Å²) >= 11 is 0. The van der Waals surface area contributed by atoms with E-state index >= 15 is 0 Å². The summed E-state index contributed by atoms with van der Waals surface area (Å²) in [4.78, 5) is 2.56. The Balaban J connectivity index is 1.58. The third-order valence-electron chi connectivity index (χ3n) is 6.70. The smallest absolute Gasteiger partial charge is 0.123 e. The second kappa shape index (κ2) is 8.48. The lowest BCUT2D eigenvalue weighted by molar-refractivity contribution is 0.215. The van der Waals surface area contributed by atoms with E-state index in [2.05, 4.69) is 24.0 Å². The Morgan fingerprint density at radius 3 is 2.59 bits per heavy atom. The minimum absolute atomic E-state index is 0.379. The normalized spacial score (nSPS) is 30.9. The summed E-state index contributed by atoms with van der Waals surface area (Å²) in [6.07, 6.45) is 11.9. The van der Waals surface area contributed by atoms with Gasteiger partial charge in [-0.2, -0.15) is 0 Å². The van der Waals surface area contributed by atoms with Crippen LogP contribution in [0.15, 0.2) is 34.6 Å². The van der Waals surface area contributed by atoms with Gasteiger partial charge >= 0.3 is 0 Å². The topological polar surface area (TPSA) is 38.5 Å². The predicted octanol–water partition coefficient (Wildman–Crippen LogP) is 4.50. The standard InChI is InChI=1S/C23H35FN2O/c1-2-27-22-14-16(15-26-11-9-20(25)10-12-26)13-21(17-3-4-17)23(22)18-5-7-19(24)8-6-18/h5,14,17,19-21H,2-4,6-13,15,25H2,1H3/t19-,21+/m0/s1. The molecule has 4 heteroatoms. The molecule has 0 aromatic carbocycles. The van der Waals surface area contributed by atoms with Crippen LogP contribution < -0.4 is 5.73 Å². The maximum Gasteiger partial charge on any atom is 0.123 e. The van der Waals surface area contributed by atoms with E-state index < -0.39 is 6.17 Å². The van der Waals surface area contributed by atoms with E-state index in [1.54, 1.807) is 0 Å². The van der Waals surface area contributed by atoms with Crippen LogP contribution in [0.2, 0.25) is 0 Å². The van der Waals surface area contributed by atoms with Gasteiger partial charge in [0.05, 0.1) is 6.61 Å². The second-order valence-corrected chi connectivity index (χ2v) is 8.88. The first-order valence-corrected chi connectivity index (χ1v) is 11.0. The highest BCUT2D eigenvalue weighted by atomic mass is 19.1. The summed E-state index contributed by atoms with van der Waals surface area (Å²) in [5.74, 6) is 2.44. The lowest BCUT2D eigenvalue weighted by atomic mass is 9.76. The average Bonchev–Trinajstić information content (AvgIpc) is 3.50. The summed E-state index contributed by atoms with van der Waals surface area (Å²) in [5, 5.41) is 0. The van der Waals surface area contributed by atoms with Crippen molar-refractivity contribution in [1.82, 2.24) is 4.90 Å². The Morgan fingerprint density at radius 1 is 1.19 bits per heavy atom. The summed E-state index contributed by atoms with van der Waals surface area (Å²) in [6.45, 7) is 6.02. The Bertz CT molecular complexity index is 626. The van der Waals surface area contributed by atoms with Gasteiger partial charge in [-0.05, 0) is 94.9 Å². The van der Waals surface area contributed by atoms with Gasteiger partial charge in [0.25, 0.3) is 0 Å². The molecular formula is C23H35FN2O. The average molecular weight is 375 g/mol. The Hall–Kier alpha value is -1.13. The summed E-state index contributed by atoms with van der Waals surface area (Å²) in [7, 11) is 0. The molecule has 1 heterocycles. The van der Waals surface area contributed by atoms with Crippen LogP contribution in [-0.4, -0.2) is 43.4 Å². The molecule has 2 atom stereocenters. The van der Waals surface area contributed by atoms with Gasteiger partial charge in [-0.3, -0.25) is 4.90 Å². The molecule has 0 unspecified atom stereocenters. The summed E-state index contributed by atoms with van der Waals surface area (Å²) in [6, 6.07) is 0.379. The largest absolute Gasteiger partial charge is 0.494 e. The molecule has 27 heavy (non-hydrogen) atoms. The molecule has 1 aliphatic heterocycles. The van der Waals surface area contributed by atoms with Gasteiger partial charge in [0.15, 0.2) is 0 Å². The molecule has 0 aromatic rings. The number of hydrogen-bond acceptors (Lipinski definition) is 3. The molecule has 1 saturated carbocycles. The van der Waals surface area contributed by atoms with Crippen molar-refractivity contribution in [3.8, 4) is 0 Å². The summed E-state index contributed by atoms with van der Waals surface area (Å²) < 4.78 is 19.8. The number of likely N-dealkylation sites (tertiary alicyclic amines) is 1. The maximum absolute atomic E-state index is 13.7. The van der Waals surface area contributed by atoms with Crippen LogP contribution in [0.3, 0.4) is 0 Å². The molecular weight excluding hydrogens is 339 g/mol. The number of halogens is 1. The number of hydrogen-bond donors (Lipinski definition) is 1. The minimum Gasteiger partial charge on any atom is -0.494 e. The van der Waals surface area contributed by atoms with Crippen molar-refractivity contribution in [3.05, 3.63) is 34.6 Å². The maximum atomic E-state index is 13.7. The van der Waals surface area contributed by atoms with Crippen molar-refractivity contribution in [3.63, 3.8) is 0 Å². The highest BCUT2D eigenvalue weighted by molar-refractivity contribution is 5.45. The van der Waals surface area contributed by atoms with Gasteiger partial charge in [0, 0.05) is 18.2 Å². The molecule has 4 aliphatic rings. The molecule has 4 rings (SSSR count). The number of alkyl halides is 1. The first kappa shape index (κ1) is 19.2. The molecule has 2 fully saturated rings. The van der Waals surface area contributed by atoms with Crippen LogP contribution in [0.25, 0.3) is 0 Å². The van der Waals surface area contributed by atoms with E-state index in [9.17, 15) is 4.39 Å². The van der Waals surface area contributed by atoms with Gasteiger partial charge in [0.2, 0.25) is 0 Å². The van der Waals surface area contributed by atoms with E-state index in [4.69, 9.17) is 10.5 Å². The van der Waals surface area contributed by atoms with E-state index in [0.717, 1.165) is 57.0 Å². The van der Waals surface area contributed by atoms with Crippen LogP contribution >= 0.6 is 0 Å². The monoisotopic (exact) mass is 374 g/mol. The predicted molar refractivity (Wildman–Crippen MR) is 108 cm³/mol. The van der Waals surface area contributed by atoms with Gasteiger partial charge in [-0.25, -0.2) is 4.39 Å². The molecule has 1 saturated heterocycles. The lowest BCUT2D eigenvalue weighted by Gasteiger charge is -2.35. The van der Waals surface area contributed by atoms with E-state index in [0.29, 0.717) is 31.4 Å². The SMILES string of the molecule is CCOC1=C(C2=CC[C@H](F)CC2)[C@@H](C2CC2)CC(CN2CCC(N)CC2)=C1. The Kier molecular flexibility index (Phi) is 6.03. The van der Waals surface area contributed by atoms with E-state index in [1.807, 2.05) is 0 Å². The van der Waals surface area contributed by atoms with Gasteiger partial charge in [0.1, 0.15) is 11.9 Å². The second-order valence-electron chi connectivity index (χ2n) is 8.88. The fourth-order valence-corrected chi connectivity index (χ4v) is 5.02. The summed E-state index contributed by atoms with van der Waals surface area (Å²) in [5.41, 5.74) is 10.4. The van der Waals surface area contributed by atoms with Crippen LogP contribution in [0.1, 0.15) is 58.3 Å². The zero-order valence-electron chi connectivity index (χ0n) is 16.8. The first-order chi connectivity index (χ1) is 13.1. The molecule has 0 spiro atoms. The fraction of sp³-hybridized carbons (Fsp3) is 0.739. The Labute approximate surface area is 163 Å². The molecule has 150 valence electrons. The van der Waals surface area contributed by atoms with Crippen molar-refractivity contribution < 1.29 is 9.13 Å². The lowest BCUT2D eigenvalue weighted by Crippen LogP contribution is -2.40. The third-order valence-corrected chi connectivity index (χ3v) is 6.70. The molecule has 0 aromatic heterocycles. The van der Waals surface area contributed by atoms with Crippen LogP contribution in [0, 0.1) is 11.8 Å².